The highest BCUT2D eigenvalue weighted by Crippen LogP contribution is 2.07. The van der Waals surface area contributed by atoms with E-state index < -0.39 is 0 Å². The average Bonchev–Trinajstić information content (AvgIpc) is 2.25. The Morgan fingerprint density at radius 2 is 2.43 bits per heavy atom. The zero-order valence-corrected chi connectivity index (χ0v) is 9.17. The molecule has 3 heteroatoms. The summed E-state index contributed by atoms with van der Waals surface area (Å²) in [6.07, 6.45) is 4.69. The van der Waals surface area contributed by atoms with E-state index in [-0.39, 0.29) is 0 Å². The van der Waals surface area contributed by atoms with Crippen LogP contribution in [-0.2, 0) is 4.74 Å². The van der Waals surface area contributed by atoms with Crippen LogP contribution in [0.5, 0.6) is 0 Å². The van der Waals surface area contributed by atoms with Crippen LogP contribution in [0.15, 0.2) is 0 Å². The van der Waals surface area contributed by atoms with Crippen LogP contribution in [0.4, 0.5) is 0 Å². The maximum absolute atomic E-state index is 8.84. The number of hydrogen-bond donors (Lipinski definition) is 2. The van der Waals surface area contributed by atoms with Crippen LogP contribution in [0.3, 0.4) is 0 Å². The van der Waals surface area contributed by atoms with Gasteiger partial charge in [-0.15, -0.1) is 0 Å². The van der Waals surface area contributed by atoms with Crippen molar-refractivity contribution in [3.05, 3.63) is 0 Å². The Morgan fingerprint density at radius 3 is 3.07 bits per heavy atom. The summed E-state index contributed by atoms with van der Waals surface area (Å²) >= 11 is 0. The Labute approximate surface area is 86.8 Å². The van der Waals surface area contributed by atoms with Crippen molar-refractivity contribution < 1.29 is 9.84 Å². The highest BCUT2D eigenvalue weighted by molar-refractivity contribution is 4.69. The number of aliphatic hydroxyl groups is 1. The molecule has 1 heterocycles. The molecule has 0 amide bonds. The summed E-state index contributed by atoms with van der Waals surface area (Å²) in [7, 11) is 0. The van der Waals surface area contributed by atoms with Gasteiger partial charge in [0, 0.05) is 19.3 Å². The van der Waals surface area contributed by atoms with Gasteiger partial charge < -0.3 is 15.2 Å². The number of hydrogen-bond acceptors (Lipinski definition) is 3. The van der Waals surface area contributed by atoms with E-state index in [1.165, 1.54) is 12.8 Å². The van der Waals surface area contributed by atoms with E-state index in [1.54, 1.807) is 0 Å². The predicted molar refractivity (Wildman–Crippen MR) is 57.3 cm³/mol. The lowest BCUT2D eigenvalue weighted by Crippen LogP contribution is -2.37. The first-order valence-corrected chi connectivity index (χ1v) is 5.75. The highest BCUT2D eigenvalue weighted by atomic mass is 16.5. The second-order valence-corrected chi connectivity index (χ2v) is 4.30. The maximum atomic E-state index is 8.84. The summed E-state index contributed by atoms with van der Waals surface area (Å²) in [4.78, 5) is 0. The lowest BCUT2D eigenvalue weighted by molar-refractivity contribution is 0.0702. The molecule has 3 nitrogen and oxygen atoms in total. The van der Waals surface area contributed by atoms with E-state index >= 15 is 0 Å². The van der Waals surface area contributed by atoms with Crippen molar-refractivity contribution in [3.8, 4) is 0 Å². The van der Waals surface area contributed by atoms with Crippen molar-refractivity contribution in [2.75, 3.05) is 26.4 Å². The second-order valence-electron chi connectivity index (χ2n) is 4.30. The van der Waals surface area contributed by atoms with Gasteiger partial charge in [-0.3, -0.25) is 0 Å². The van der Waals surface area contributed by atoms with Gasteiger partial charge in [-0.25, -0.2) is 0 Å². The normalized spacial score (nSPS) is 24.9. The molecule has 0 spiro atoms. The van der Waals surface area contributed by atoms with Crippen LogP contribution < -0.4 is 5.32 Å². The molecule has 14 heavy (non-hydrogen) atoms. The van der Waals surface area contributed by atoms with E-state index in [2.05, 4.69) is 12.2 Å². The van der Waals surface area contributed by atoms with Gasteiger partial charge in [0.05, 0.1) is 6.61 Å². The number of rotatable bonds is 6. The molecule has 0 radical (unpaired) electrons. The molecule has 1 aliphatic rings. The number of aliphatic hydroxyl groups excluding tert-OH is 1. The minimum absolute atomic E-state index is 0.312. The fraction of sp³-hybridized carbons (Fsp3) is 1.00. The summed E-state index contributed by atoms with van der Waals surface area (Å²) < 4.78 is 5.38. The van der Waals surface area contributed by atoms with E-state index in [0.717, 1.165) is 32.6 Å². The van der Waals surface area contributed by atoms with Crippen molar-refractivity contribution in [1.29, 1.82) is 0 Å². The van der Waals surface area contributed by atoms with Crippen LogP contribution in [0, 0.1) is 5.92 Å². The first-order chi connectivity index (χ1) is 6.83. The fourth-order valence-electron chi connectivity index (χ4n) is 1.75. The Hall–Kier alpha value is -0.120. The SMILES string of the molecule is CC(CO)CCCNC1CCCOC1. The molecule has 0 saturated carbocycles. The summed E-state index contributed by atoms with van der Waals surface area (Å²) in [6.45, 7) is 5.25. The fourth-order valence-corrected chi connectivity index (χ4v) is 1.75. The molecule has 1 fully saturated rings. The number of ether oxygens (including phenoxy) is 1. The lowest BCUT2D eigenvalue weighted by Gasteiger charge is -2.23. The Bertz CT molecular complexity index is 135. The standard InChI is InChI=1S/C11H23NO2/c1-10(8-13)4-2-6-12-11-5-3-7-14-9-11/h10-13H,2-9H2,1H3. The molecule has 0 bridgehead atoms. The Balaban J connectivity index is 1.92. The van der Waals surface area contributed by atoms with Gasteiger partial charge >= 0.3 is 0 Å². The molecule has 0 aromatic carbocycles. The summed E-state index contributed by atoms with van der Waals surface area (Å²) in [5, 5.41) is 12.3. The minimum Gasteiger partial charge on any atom is -0.396 e. The van der Waals surface area contributed by atoms with E-state index in [9.17, 15) is 0 Å². The molecule has 2 atom stereocenters. The van der Waals surface area contributed by atoms with Gasteiger partial charge in [0.1, 0.15) is 0 Å². The van der Waals surface area contributed by atoms with E-state index in [4.69, 9.17) is 9.84 Å². The molecule has 0 aromatic rings. The third kappa shape index (κ3) is 4.94. The van der Waals surface area contributed by atoms with E-state index in [0.29, 0.717) is 18.6 Å². The molecule has 0 aliphatic carbocycles. The molecular weight excluding hydrogens is 178 g/mol. The second kappa shape index (κ2) is 7.21. The summed E-state index contributed by atoms with van der Waals surface area (Å²) in [6, 6.07) is 0.563. The van der Waals surface area contributed by atoms with Gasteiger partial charge in [0.25, 0.3) is 0 Å². The molecule has 1 rings (SSSR count). The predicted octanol–water partition coefficient (Wildman–Crippen LogP) is 1.16. The van der Waals surface area contributed by atoms with Crippen molar-refractivity contribution in [1.82, 2.24) is 5.32 Å². The Morgan fingerprint density at radius 1 is 1.57 bits per heavy atom. The average molecular weight is 201 g/mol. The van der Waals surface area contributed by atoms with Crippen molar-refractivity contribution in [2.24, 2.45) is 5.92 Å². The van der Waals surface area contributed by atoms with Crippen molar-refractivity contribution in [3.63, 3.8) is 0 Å². The van der Waals surface area contributed by atoms with Gasteiger partial charge in [-0.2, -0.15) is 0 Å². The topological polar surface area (TPSA) is 41.5 Å². The smallest absolute Gasteiger partial charge is 0.0619 e. The highest BCUT2D eigenvalue weighted by Gasteiger charge is 2.12. The van der Waals surface area contributed by atoms with E-state index in [1.807, 2.05) is 0 Å². The molecular formula is C11H23NO2. The molecule has 1 saturated heterocycles. The van der Waals surface area contributed by atoms with Crippen LogP contribution in [0.2, 0.25) is 0 Å². The van der Waals surface area contributed by atoms with Gasteiger partial charge in [-0.1, -0.05) is 6.92 Å². The third-order valence-electron chi connectivity index (χ3n) is 2.78. The summed E-state index contributed by atoms with van der Waals surface area (Å²) in [5.74, 6) is 0.444. The van der Waals surface area contributed by atoms with Crippen LogP contribution >= 0.6 is 0 Å². The molecule has 1 aliphatic heterocycles. The maximum Gasteiger partial charge on any atom is 0.0619 e. The summed E-state index contributed by atoms with van der Waals surface area (Å²) in [5.41, 5.74) is 0. The zero-order valence-electron chi connectivity index (χ0n) is 9.17. The van der Waals surface area contributed by atoms with Gasteiger partial charge in [0.2, 0.25) is 0 Å². The molecule has 84 valence electrons. The lowest BCUT2D eigenvalue weighted by atomic mass is 10.1. The van der Waals surface area contributed by atoms with Crippen molar-refractivity contribution >= 4 is 0 Å². The first kappa shape index (κ1) is 12.0. The first-order valence-electron chi connectivity index (χ1n) is 5.75. The molecule has 2 unspecified atom stereocenters. The van der Waals surface area contributed by atoms with Gasteiger partial charge in [-0.05, 0) is 38.1 Å². The minimum atomic E-state index is 0.312. The monoisotopic (exact) mass is 201 g/mol. The third-order valence-corrected chi connectivity index (χ3v) is 2.78. The quantitative estimate of drug-likeness (QED) is 0.634. The molecule has 0 aromatic heterocycles. The zero-order chi connectivity index (χ0) is 10.2. The van der Waals surface area contributed by atoms with Crippen LogP contribution in [0.1, 0.15) is 32.6 Å². The van der Waals surface area contributed by atoms with Crippen molar-refractivity contribution in [2.45, 2.75) is 38.6 Å². The van der Waals surface area contributed by atoms with Gasteiger partial charge in [0.15, 0.2) is 0 Å². The largest absolute Gasteiger partial charge is 0.396 e. The Kier molecular flexibility index (Phi) is 6.15. The number of nitrogens with one attached hydrogen (secondary N) is 1. The van der Waals surface area contributed by atoms with Crippen LogP contribution in [-0.4, -0.2) is 37.5 Å². The van der Waals surface area contributed by atoms with Crippen LogP contribution in [0.25, 0.3) is 0 Å². The molecule has 2 N–H and O–H groups in total.